The third kappa shape index (κ3) is 3.43. The lowest BCUT2D eigenvalue weighted by molar-refractivity contribution is -0.122. The van der Waals surface area contributed by atoms with E-state index in [9.17, 15) is 14.0 Å². The summed E-state index contributed by atoms with van der Waals surface area (Å²) in [4.78, 5) is 27.3. The van der Waals surface area contributed by atoms with Crippen molar-refractivity contribution in [1.82, 2.24) is 0 Å². The highest BCUT2D eigenvalue weighted by Gasteiger charge is 2.35. The summed E-state index contributed by atoms with van der Waals surface area (Å²) in [6, 6.07) is 13.6. The lowest BCUT2D eigenvalue weighted by atomic mass is 10.1. The number of nitrogens with one attached hydrogen (secondary N) is 1. The van der Waals surface area contributed by atoms with Gasteiger partial charge in [-0.25, -0.2) is 4.39 Å². The lowest BCUT2D eigenvalue weighted by Crippen LogP contribution is -2.28. The van der Waals surface area contributed by atoms with Crippen molar-refractivity contribution in [2.45, 2.75) is 11.3 Å². The first-order valence-corrected chi connectivity index (χ1v) is 8.81. The summed E-state index contributed by atoms with van der Waals surface area (Å²) in [7, 11) is 0. The van der Waals surface area contributed by atoms with E-state index < -0.39 is 11.7 Å². The SMILES string of the molecule is CSc1ccc(N2CC(C(=O)Nc3ccccc3F)CC2=O)cc1. The fourth-order valence-corrected chi connectivity index (χ4v) is 3.10. The Hall–Kier alpha value is -2.34. The molecule has 4 nitrogen and oxygen atoms in total. The fourth-order valence-electron chi connectivity index (χ4n) is 2.69. The first-order valence-electron chi connectivity index (χ1n) is 7.58. The van der Waals surface area contributed by atoms with E-state index in [1.165, 1.54) is 12.1 Å². The van der Waals surface area contributed by atoms with E-state index in [1.54, 1.807) is 28.8 Å². The topological polar surface area (TPSA) is 49.4 Å². The van der Waals surface area contributed by atoms with Gasteiger partial charge in [-0.05, 0) is 42.7 Å². The first kappa shape index (κ1) is 16.5. The minimum Gasteiger partial charge on any atom is -0.323 e. The molecular formula is C18H17FN2O2S. The summed E-state index contributed by atoms with van der Waals surface area (Å²) >= 11 is 1.63. The van der Waals surface area contributed by atoms with Crippen molar-refractivity contribution in [1.29, 1.82) is 0 Å². The van der Waals surface area contributed by atoms with Crippen LogP contribution in [0.25, 0.3) is 0 Å². The number of carbonyl (C=O) groups excluding carboxylic acids is 2. The van der Waals surface area contributed by atoms with Crippen molar-refractivity contribution in [3.8, 4) is 0 Å². The van der Waals surface area contributed by atoms with Gasteiger partial charge in [0.25, 0.3) is 0 Å². The molecule has 0 aromatic heterocycles. The molecule has 2 aromatic carbocycles. The highest BCUT2D eigenvalue weighted by Crippen LogP contribution is 2.28. The number of para-hydroxylation sites is 1. The molecule has 24 heavy (non-hydrogen) atoms. The third-order valence-corrected chi connectivity index (χ3v) is 4.76. The Bertz CT molecular complexity index is 764. The number of amides is 2. The molecule has 1 heterocycles. The van der Waals surface area contributed by atoms with Gasteiger partial charge in [0.05, 0.1) is 11.6 Å². The van der Waals surface area contributed by atoms with Gasteiger partial charge in [0.2, 0.25) is 11.8 Å². The second-order valence-electron chi connectivity index (χ2n) is 5.57. The normalized spacial score (nSPS) is 17.2. The highest BCUT2D eigenvalue weighted by molar-refractivity contribution is 7.98. The lowest BCUT2D eigenvalue weighted by Gasteiger charge is -2.17. The molecular weight excluding hydrogens is 327 g/mol. The number of nitrogens with zero attached hydrogens (tertiary/aromatic N) is 1. The van der Waals surface area contributed by atoms with Gasteiger partial charge in [0.15, 0.2) is 0 Å². The van der Waals surface area contributed by atoms with Crippen LogP contribution in [0.2, 0.25) is 0 Å². The standard InChI is InChI=1S/C18H17FN2O2S/c1-24-14-8-6-13(7-9-14)21-11-12(10-17(21)22)18(23)20-16-5-3-2-4-15(16)19/h2-9,12H,10-11H2,1H3,(H,20,23). The molecule has 0 saturated carbocycles. The van der Waals surface area contributed by atoms with Crippen molar-refractivity contribution >= 4 is 35.0 Å². The molecule has 1 aliphatic heterocycles. The molecule has 1 fully saturated rings. The first-order chi connectivity index (χ1) is 11.6. The predicted octanol–water partition coefficient (Wildman–Crippen LogP) is 3.54. The summed E-state index contributed by atoms with van der Waals surface area (Å²) < 4.78 is 13.6. The molecule has 1 aliphatic rings. The van der Waals surface area contributed by atoms with Crippen LogP contribution >= 0.6 is 11.8 Å². The van der Waals surface area contributed by atoms with Gasteiger partial charge < -0.3 is 10.2 Å². The van der Waals surface area contributed by atoms with Crippen molar-refractivity contribution in [3.63, 3.8) is 0 Å². The maximum atomic E-state index is 13.6. The molecule has 0 aliphatic carbocycles. The number of halogens is 1. The summed E-state index contributed by atoms with van der Waals surface area (Å²) in [5, 5.41) is 2.57. The Morgan fingerprint density at radius 3 is 2.58 bits per heavy atom. The van der Waals surface area contributed by atoms with Crippen LogP contribution in [0, 0.1) is 11.7 Å². The molecule has 6 heteroatoms. The second-order valence-corrected chi connectivity index (χ2v) is 6.45. The number of rotatable bonds is 4. The van der Waals surface area contributed by atoms with E-state index in [2.05, 4.69) is 5.32 Å². The van der Waals surface area contributed by atoms with Gasteiger partial charge >= 0.3 is 0 Å². The number of thioether (sulfide) groups is 1. The second kappa shape index (κ2) is 7.05. The van der Waals surface area contributed by atoms with E-state index >= 15 is 0 Å². The molecule has 2 amide bonds. The summed E-state index contributed by atoms with van der Waals surface area (Å²) in [5.41, 5.74) is 0.914. The zero-order valence-electron chi connectivity index (χ0n) is 13.2. The Morgan fingerprint density at radius 2 is 1.92 bits per heavy atom. The molecule has 124 valence electrons. The van der Waals surface area contributed by atoms with Gasteiger partial charge in [-0.2, -0.15) is 0 Å². The number of hydrogen-bond acceptors (Lipinski definition) is 3. The Morgan fingerprint density at radius 1 is 1.21 bits per heavy atom. The van der Waals surface area contributed by atoms with E-state index in [-0.39, 0.29) is 23.9 Å². The van der Waals surface area contributed by atoms with Crippen LogP contribution in [-0.2, 0) is 9.59 Å². The number of benzene rings is 2. The number of anilines is 2. The van der Waals surface area contributed by atoms with Gasteiger partial charge in [0, 0.05) is 23.5 Å². The molecule has 0 radical (unpaired) electrons. The maximum Gasteiger partial charge on any atom is 0.229 e. The largest absolute Gasteiger partial charge is 0.323 e. The highest BCUT2D eigenvalue weighted by atomic mass is 32.2. The van der Waals surface area contributed by atoms with Gasteiger partial charge in [-0.15, -0.1) is 11.8 Å². The van der Waals surface area contributed by atoms with E-state index in [4.69, 9.17) is 0 Å². The van der Waals surface area contributed by atoms with Crippen molar-refractivity contribution in [3.05, 3.63) is 54.3 Å². The molecule has 1 atom stereocenters. The molecule has 0 spiro atoms. The average Bonchev–Trinajstić information content (AvgIpc) is 2.99. The van der Waals surface area contributed by atoms with Gasteiger partial charge in [0.1, 0.15) is 5.82 Å². The smallest absolute Gasteiger partial charge is 0.229 e. The van der Waals surface area contributed by atoms with Crippen LogP contribution in [0.1, 0.15) is 6.42 Å². The van der Waals surface area contributed by atoms with Gasteiger partial charge in [-0.3, -0.25) is 9.59 Å². The van der Waals surface area contributed by atoms with Crippen LogP contribution in [-0.4, -0.2) is 24.6 Å². The monoisotopic (exact) mass is 344 g/mol. The molecule has 1 unspecified atom stereocenters. The van der Waals surface area contributed by atoms with Crippen LogP contribution in [0.4, 0.5) is 15.8 Å². The summed E-state index contributed by atoms with van der Waals surface area (Å²) in [6.07, 6.45) is 2.11. The van der Waals surface area contributed by atoms with Crippen molar-refractivity contribution in [2.24, 2.45) is 5.92 Å². The average molecular weight is 344 g/mol. The molecule has 3 rings (SSSR count). The minimum atomic E-state index is -0.489. The van der Waals surface area contributed by atoms with Crippen LogP contribution in [0.15, 0.2) is 53.4 Å². The predicted molar refractivity (Wildman–Crippen MR) is 93.7 cm³/mol. The molecule has 0 bridgehead atoms. The van der Waals surface area contributed by atoms with Crippen LogP contribution in [0.5, 0.6) is 0 Å². The maximum absolute atomic E-state index is 13.6. The minimum absolute atomic E-state index is 0.0967. The number of hydrogen-bond donors (Lipinski definition) is 1. The van der Waals surface area contributed by atoms with Crippen molar-refractivity contribution in [2.75, 3.05) is 23.0 Å². The van der Waals surface area contributed by atoms with Crippen molar-refractivity contribution < 1.29 is 14.0 Å². The van der Waals surface area contributed by atoms with E-state index in [1.807, 2.05) is 30.5 Å². The third-order valence-electron chi connectivity index (χ3n) is 4.01. The molecule has 1 saturated heterocycles. The van der Waals surface area contributed by atoms with Crippen LogP contribution < -0.4 is 10.2 Å². The summed E-state index contributed by atoms with van der Waals surface area (Å²) in [5.74, 6) is -1.41. The Kier molecular flexibility index (Phi) is 4.85. The van der Waals surface area contributed by atoms with Crippen LogP contribution in [0.3, 0.4) is 0 Å². The molecule has 2 aromatic rings. The fraction of sp³-hybridized carbons (Fsp3) is 0.222. The summed E-state index contributed by atoms with van der Waals surface area (Å²) in [6.45, 7) is 0.303. The van der Waals surface area contributed by atoms with E-state index in [0.717, 1.165) is 10.6 Å². The molecule has 1 N–H and O–H groups in total. The zero-order valence-corrected chi connectivity index (χ0v) is 14.0. The number of carbonyl (C=O) groups is 2. The van der Waals surface area contributed by atoms with E-state index in [0.29, 0.717) is 6.54 Å². The Balaban J connectivity index is 1.69. The quantitative estimate of drug-likeness (QED) is 0.863. The Labute approximate surface area is 144 Å². The zero-order chi connectivity index (χ0) is 17.1. The van der Waals surface area contributed by atoms with Gasteiger partial charge in [-0.1, -0.05) is 12.1 Å².